The maximum atomic E-state index is 13.3. The van der Waals surface area contributed by atoms with Gasteiger partial charge < -0.3 is 82.1 Å². The normalized spacial score (nSPS) is 29.9. The van der Waals surface area contributed by atoms with Crippen molar-refractivity contribution in [2.75, 3.05) is 26.4 Å². The summed E-state index contributed by atoms with van der Waals surface area (Å²) in [5.74, 6) is -10.3. The third kappa shape index (κ3) is 19.2. The Bertz CT molecular complexity index is 1950. The van der Waals surface area contributed by atoms with Crippen molar-refractivity contribution in [1.82, 2.24) is 5.32 Å². The van der Waals surface area contributed by atoms with Gasteiger partial charge in [-0.2, -0.15) is 0 Å². The Morgan fingerprint density at radius 1 is 0.375 bits per heavy atom. The fourth-order valence-electron chi connectivity index (χ4n) is 7.75. The molecule has 28 heteroatoms. The number of unbranched alkanes of at least 4 members (excludes halogenated alkanes) is 2. The molecule has 0 spiro atoms. The minimum Gasteiger partial charge on any atom is -0.463 e. The summed E-state index contributed by atoms with van der Waals surface area (Å²) in [6, 6.07) is 0. The van der Waals surface area contributed by atoms with Crippen LogP contribution in [-0.2, 0) is 124 Å². The molecule has 0 aromatic heterocycles. The van der Waals surface area contributed by atoms with Crippen LogP contribution in [0.25, 0.3) is 0 Å². The van der Waals surface area contributed by atoms with Crippen molar-refractivity contribution in [3.05, 3.63) is 0 Å². The van der Waals surface area contributed by atoms with Crippen molar-refractivity contribution < 1.29 is 124 Å². The van der Waals surface area contributed by atoms with Crippen LogP contribution < -0.4 is 11.1 Å². The number of hydrogen-bond acceptors (Lipinski definition) is 27. The number of carbonyl (C=O) groups is 11. The van der Waals surface area contributed by atoms with Crippen LogP contribution in [0.5, 0.6) is 0 Å². The molecule has 28 nitrogen and oxygen atoms in total. The van der Waals surface area contributed by atoms with E-state index in [-0.39, 0.29) is 6.42 Å². The summed E-state index contributed by atoms with van der Waals surface area (Å²) >= 11 is 0. The van der Waals surface area contributed by atoms with Crippen molar-refractivity contribution in [2.24, 2.45) is 5.73 Å². The molecule has 15 atom stereocenters. The van der Waals surface area contributed by atoms with E-state index < -0.39 is 177 Å². The number of ether oxygens (including phenoxy) is 15. The van der Waals surface area contributed by atoms with Gasteiger partial charge in [-0.3, -0.25) is 52.7 Å². The Morgan fingerprint density at radius 2 is 0.708 bits per heavy atom. The quantitative estimate of drug-likeness (QED) is 0.0688. The van der Waals surface area contributed by atoms with Crippen LogP contribution in [0.2, 0.25) is 0 Å². The highest BCUT2D eigenvalue weighted by Crippen LogP contribution is 2.38. The highest BCUT2D eigenvalue weighted by molar-refractivity contribution is 5.76. The molecule has 0 aliphatic carbocycles. The number of hydrogen-bond donors (Lipinski definition) is 2. The average Bonchev–Trinajstić information content (AvgIpc) is 3.25. The molecule has 0 bridgehead atoms. The van der Waals surface area contributed by atoms with E-state index in [4.69, 9.17) is 76.8 Å². The number of amides is 1. The molecular weight excluding hydrogens is 972 g/mol. The molecule has 0 saturated carbocycles. The van der Waals surface area contributed by atoms with Crippen molar-refractivity contribution >= 4 is 65.6 Å². The highest BCUT2D eigenvalue weighted by Gasteiger charge is 2.60. The molecule has 0 aromatic rings. The lowest BCUT2D eigenvalue weighted by Gasteiger charge is -2.50. The number of nitrogens with one attached hydrogen (secondary N) is 1. The van der Waals surface area contributed by atoms with Crippen LogP contribution in [0, 0.1) is 0 Å². The van der Waals surface area contributed by atoms with E-state index >= 15 is 0 Å². The van der Waals surface area contributed by atoms with Crippen LogP contribution in [-0.4, -0.2) is 184 Å². The molecule has 3 fully saturated rings. The van der Waals surface area contributed by atoms with Crippen molar-refractivity contribution in [3.63, 3.8) is 0 Å². The predicted octanol–water partition coefficient (Wildman–Crippen LogP) is -1.22. The Kier molecular flexibility index (Phi) is 24.1. The van der Waals surface area contributed by atoms with E-state index in [2.05, 4.69) is 5.32 Å². The van der Waals surface area contributed by atoms with E-state index in [0.717, 1.165) is 69.2 Å². The fraction of sp³-hybridized carbons (Fsp3) is 0.750. The van der Waals surface area contributed by atoms with Gasteiger partial charge in [0.2, 0.25) is 5.91 Å². The molecule has 3 aliphatic rings. The summed E-state index contributed by atoms with van der Waals surface area (Å²) in [5, 5.41) is 2.60. The molecule has 406 valence electrons. The standard InChI is InChI=1S/C44H64N2O26/c1-19(47)58-16-29-35(36(63-24(6)52)39(65-26(8)54)42(68-29)46-32(57)14-12-11-13-15-45)71-43-41(67-28(10)56)38(34(62-23(5)51)31(69-43)18-60-21(3)49)72-44-40(66-27(9)55)37(64-25(7)53)33(61-22(4)50)30(70-44)17-59-20(2)48/h29-31,33-44H,11-18,45H2,1-10H3,(H,46,57)/t29-,30-,31-,33+,34+,35-,36+,37+,38+,39-,40-,41-,42-,43+,44-/m1/s1. The van der Waals surface area contributed by atoms with Gasteiger partial charge in [0.25, 0.3) is 0 Å². The molecule has 3 N–H and O–H groups in total. The molecule has 0 aromatic carbocycles. The first-order chi connectivity index (χ1) is 33.8. The van der Waals surface area contributed by atoms with E-state index in [1.165, 1.54) is 0 Å². The SMILES string of the molecule is CC(=O)OC[C@H]1O[C@H](O[C@H]2[C@@H](OC(C)=O)[C@@H](COC(C)=O)O[C@@H](O[C@H]3[C@H](OC(C)=O)[C@@H](OC(C)=O)[C@H](NC(=O)CCCCCN)O[C@@H]3COC(C)=O)[C@@H]2OC(C)=O)[C@H](OC(C)=O)[C@@H](OC(C)=O)[C@H]1OC(C)=O. The zero-order valence-electron chi connectivity index (χ0n) is 41.5. The summed E-state index contributed by atoms with van der Waals surface area (Å²) in [4.78, 5) is 139. The summed E-state index contributed by atoms with van der Waals surface area (Å²) in [7, 11) is 0. The third-order valence-electron chi connectivity index (χ3n) is 10.3. The summed E-state index contributed by atoms with van der Waals surface area (Å²) in [5.41, 5.74) is 5.58. The zero-order chi connectivity index (χ0) is 54.0. The van der Waals surface area contributed by atoms with Gasteiger partial charge in [0.15, 0.2) is 61.5 Å². The van der Waals surface area contributed by atoms with Crippen molar-refractivity contribution in [2.45, 2.75) is 187 Å². The number of rotatable bonds is 23. The second-order valence-corrected chi connectivity index (χ2v) is 16.5. The maximum Gasteiger partial charge on any atom is 0.303 e. The topological polar surface area (TPSA) is 364 Å². The third-order valence-corrected chi connectivity index (χ3v) is 10.3. The van der Waals surface area contributed by atoms with Crippen LogP contribution in [0.15, 0.2) is 0 Å². The molecule has 1 amide bonds. The minimum absolute atomic E-state index is 0.0480. The maximum absolute atomic E-state index is 13.3. The van der Waals surface area contributed by atoms with Crippen molar-refractivity contribution in [1.29, 1.82) is 0 Å². The predicted molar refractivity (Wildman–Crippen MR) is 230 cm³/mol. The van der Waals surface area contributed by atoms with E-state index in [9.17, 15) is 52.7 Å². The Balaban J connectivity index is 2.34. The van der Waals surface area contributed by atoms with E-state index in [0.29, 0.717) is 25.8 Å². The first kappa shape index (κ1) is 60.2. The largest absolute Gasteiger partial charge is 0.463 e. The minimum atomic E-state index is -2.09. The van der Waals surface area contributed by atoms with Gasteiger partial charge in [-0.1, -0.05) is 6.42 Å². The molecule has 3 heterocycles. The van der Waals surface area contributed by atoms with Gasteiger partial charge in [0.1, 0.15) is 50.3 Å². The lowest BCUT2D eigenvalue weighted by Crippen LogP contribution is -2.70. The number of nitrogens with two attached hydrogens (primary N) is 1. The number of carbonyl (C=O) groups excluding carboxylic acids is 11. The highest BCUT2D eigenvalue weighted by atomic mass is 16.8. The summed E-state index contributed by atoms with van der Waals surface area (Å²) in [6.07, 6.45) is -25.7. The molecule has 3 aliphatic heterocycles. The van der Waals surface area contributed by atoms with E-state index in [1.54, 1.807) is 0 Å². The van der Waals surface area contributed by atoms with Gasteiger partial charge in [-0.25, -0.2) is 0 Å². The zero-order valence-corrected chi connectivity index (χ0v) is 41.5. The molecule has 0 radical (unpaired) electrons. The molecule has 72 heavy (non-hydrogen) atoms. The lowest BCUT2D eigenvalue weighted by molar-refractivity contribution is -0.375. The average molecular weight is 1040 g/mol. The second kappa shape index (κ2) is 28.8. The molecule has 3 rings (SSSR count). The lowest BCUT2D eigenvalue weighted by atomic mass is 9.94. The van der Waals surface area contributed by atoms with Gasteiger partial charge >= 0.3 is 59.7 Å². The summed E-state index contributed by atoms with van der Waals surface area (Å²) in [6.45, 7) is 8.09. The Labute approximate surface area is 413 Å². The second-order valence-electron chi connectivity index (χ2n) is 16.5. The first-order valence-electron chi connectivity index (χ1n) is 22.7. The van der Waals surface area contributed by atoms with Crippen molar-refractivity contribution in [3.8, 4) is 0 Å². The Morgan fingerprint density at radius 3 is 1.11 bits per heavy atom. The first-order valence-corrected chi connectivity index (χ1v) is 22.7. The molecule has 0 unspecified atom stereocenters. The van der Waals surface area contributed by atoms with Gasteiger partial charge in [-0.15, -0.1) is 0 Å². The smallest absolute Gasteiger partial charge is 0.303 e. The van der Waals surface area contributed by atoms with Gasteiger partial charge in [0.05, 0.1) is 0 Å². The Hall–Kier alpha value is -6.07. The molecular formula is C44H64N2O26. The van der Waals surface area contributed by atoms with Gasteiger partial charge in [0, 0.05) is 75.7 Å². The van der Waals surface area contributed by atoms with E-state index in [1.807, 2.05) is 0 Å². The number of esters is 10. The summed E-state index contributed by atoms with van der Waals surface area (Å²) < 4.78 is 86.6. The monoisotopic (exact) mass is 1040 g/mol. The fourth-order valence-corrected chi connectivity index (χ4v) is 7.75. The van der Waals surface area contributed by atoms with Gasteiger partial charge in [-0.05, 0) is 19.4 Å². The molecule has 3 saturated heterocycles. The van der Waals surface area contributed by atoms with Crippen LogP contribution >= 0.6 is 0 Å². The van der Waals surface area contributed by atoms with Crippen LogP contribution in [0.3, 0.4) is 0 Å². The van der Waals surface area contributed by atoms with Crippen LogP contribution in [0.4, 0.5) is 0 Å². The van der Waals surface area contributed by atoms with Crippen LogP contribution in [0.1, 0.15) is 94.9 Å².